The molecule has 0 aromatic heterocycles. The number of halogens is 5. The average molecular weight is 292 g/mol. The smallest absolute Gasteiger partial charge is 0.387 e. The first-order valence-electron chi connectivity index (χ1n) is 3.10. The first kappa shape index (κ1) is 11.0. The molecule has 0 aliphatic rings. The highest BCUT2D eigenvalue weighted by Gasteiger charge is 2.10. The van der Waals surface area contributed by atoms with Crippen LogP contribution >= 0.6 is 39.1 Å². The summed E-state index contributed by atoms with van der Waals surface area (Å²) in [6.45, 7) is -2.91. The molecular weight excluding hydrogens is 289 g/mol. The van der Waals surface area contributed by atoms with Crippen molar-refractivity contribution >= 4 is 39.1 Å². The fraction of sp³-hybridized carbons (Fsp3) is 0.143. The highest BCUT2D eigenvalue weighted by atomic mass is 79.9. The van der Waals surface area contributed by atoms with E-state index in [-0.39, 0.29) is 15.8 Å². The summed E-state index contributed by atoms with van der Waals surface area (Å²) in [5.41, 5.74) is 0. The minimum atomic E-state index is -2.91. The summed E-state index contributed by atoms with van der Waals surface area (Å²) in [5, 5.41) is 0.344. The Hall–Kier alpha value is -0.0600. The molecule has 1 rings (SSSR count). The molecule has 0 unspecified atom stereocenters. The fourth-order valence-corrected chi connectivity index (χ4v) is 1.53. The molecule has 0 bridgehead atoms. The van der Waals surface area contributed by atoms with Crippen molar-refractivity contribution in [3.05, 3.63) is 26.7 Å². The third-order valence-corrected chi connectivity index (χ3v) is 2.68. The number of hydrogen-bond donors (Lipinski definition) is 0. The maximum Gasteiger partial charge on any atom is 0.387 e. The van der Waals surface area contributed by atoms with E-state index in [1.54, 1.807) is 0 Å². The number of ether oxygens (including phenoxy) is 1. The van der Waals surface area contributed by atoms with Crippen molar-refractivity contribution in [3.8, 4) is 5.75 Å². The van der Waals surface area contributed by atoms with Crippen molar-refractivity contribution in [1.29, 1.82) is 0 Å². The molecule has 0 heterocycles. The van der Waals surface area contributed by atoms with Gasteiger partial charge in [0, 0.05) is 10.5 Å². The van der Waals surface area contributed by atoms with Crippen LogP contribution in [0, 0.1) is 0 Å². The number of benzene rings is 1. The van der Waals surface area contributed by atoms with Gasteiger partial charge in [-0.2, -0.15) is 8.78 Å². The Morgan fingerprint density at radius 3 is 2.38 bits per heavy atom. The average Bonchev–Trinajstić information content (AvgIpc) is 1.99. The lowest BCUT2D eigenvalue weighted by Gasteiger charge is -2.07. The molecule has 1 nitrogen and oxygen atoms in total. The molecule has 0 amide bonds. The predicted molar refractivity (Wildman–Crippen MR) is 50.8 cm³/mol. The molecule has 0 saturated heterocycles. The van der Waals surface area contributed by atoms with Crippen LogP contribution in [-0.2, 0) is 0 Å². The van der Waals surface area contributed by atoms with Gasteiger partial charge in [0.1, 0.15) is 5.75 Å². The number of alkyl halides is 2. The molecule has 0 fully saturated rings. The topological polar surface area (TPSA) is 9.23 Å². The van der Waals surface area contributed by atoms with Crippen molar-refractivity contribution < 1.29 is 13.5 Å². The van der Waals surface area contributed by atoms with E-state index >= 15 is 0 Å². The van der Waals surface area contributed by atoms with Gasteiger partial charge in [-0.05, 0) is 22.0 Å². The molecule has 0 aliphatic heterocycles. The Kier molecular flexibility index (Phi) is 3.76. The SMILES string of the molecule is FC(F)Oc1cc(Cl)c(Br)cc1Cl. The van der Waals surface area contributed by atoms with E-state index in [1.807, 2.05) is 0 Å². The van der Waals surface area contributed by atoms with E-state index in [1.165, 1.54) is 12.1 Å². The third kappa shape index (κ3) is 2.97. The van der Waals surface area contributed by atoms with Crippen molar-refractivity contribution in [2.24, 2.45) is 0 Å². The van der Waals surface area contributed by atoms with Crippen molar-refractivity contribution in [2.45, 2.75) is 6.61 Å². The van der Waals surface area contributed by atoms with Crippen molar-refractivity contribution in [2.75, 3.05) is 0 Å². The number of rotatable bonds is 2. The van der Waals surface area contributed by atoms with Gasteiger partial charge in [-0.15, -0.1) is 0 Å². The van der Waals surface area contributed by atoms with Crippen LogP contribution in [0.3, 0.4) is 0 Å². The Labute approximate surface area is 91.7 Å². The Morgan fingerprint density at radius 2 is 1.85 bits per heavy atom. The normalized spacial score (nSPS) is 10.6. The molecule has 0 spiro atoms. The molecule has 72 valence electrons. The van der Waals surface area contributed by atoms with Gasteiger partial charge in [-0.1, -0.05) is 23.2 Å². The monoisotopic (exact) mass is 290 g/mol. The maximum atomic E-state index is 11.8. The summed E-state index contributed by atoms with van der Waals surface area (Å²) in [5.74, 6) is -0.134. The lowest BCUT2D eigenvalue weighted by molar-refractivity contribution is -0.0497. The molecule has 0 radical (unpaired) electrons. The first-order chi connectivity index (χ1) is 6.00. The molecule has 0 N–H and O–H groups in total. The van der Waals surface area contributed by atoms with Gasteiger partial charge in [-0.3, -0.25) is 0 Å². The summed E-state index contributed by atoms with van der Waals surface area (Å²) >= 11 is 14.3. The third-order valence-electron chi connectivity index (χ3n) is 1.19. The van der Waals surface area contributed by atoms with E-state index in [4.69, 9.17) is 23.2 Å². The van der Waals surface area contributed by atoms with Gasteiger partial charge in [-0.25, -0.2) is 0 Å². The summed E-state index contributed by atoms with van der Waals surface area (Å²) < 4.78 is 28.2. The van der Waals surface area contributed by atoms with Crippen LogP contribution in [0.15, 0.2) is 16.6 Å². The van der Waals surface area contributed by atoms with Gasteiger partial charge in [0.25, 0.3) is 0 Å². The Morgan fingerprint density at radius 1 is 1.23 bits per heavy atom. The van der Waals surface area contributed by atoms with Crippen LogP contribution in [0.25, 0.3) is 0 Å². The van der Waals surface area contributed by atoms with Gasteiger partial charge in [0.15, 0.2) is 0 Å². The van der Waals surface area contributed by atoms with Crippen molar-refractivity contribution in [1.82, 2.24) is 0 Å². The summed E-state index contributed by atoms with van der Waals surface area (Å²) in [4.78, 5) is 0. The molecular formula is C7H3BrCl2F2O. The second kappa shape index (κ2) is 4.44. The largest absolute Gasteiger partial charge is 0.433 e. The zero-order valence-electron chi connectivity index (χ0n) is 6.03. The van der Waals surface area contributed by atoms with E-state index in [0.29, 0.717) is 4.47 Å². The van der Waals surface area contributed by atoms with Crippen LogP contribution in [0.1, 0.15) is 0 Å². The molecule has 13 heavy (non-hydrogen) atoms. The van der Waals surface area contributed by atoms with Crippen LogP contribution in [0.4, 0.5) is 8.78 Å². The molecule has 1 aromatic rings. The van der Waals surface area contributed by atoms with Gasteiger partial charge in [0.2, 0.25) is 0 Å². The van der Waals surface area contributed by atoms with E-state index in [2.05, 4.69) is 20.7 Å². The van der Waals surface area contributed by atoms with Crippen LogP contribution in [0.2, 0.25) is 10.0 Å². The lowest BCUT2D eigenvalue weighted by atomic mass is 10.3. The van der Waals surface area contributed by atoms with E-state index in [0.717, 1.165) is 0 Å². The second-order valence-corrected chi connectivity index (χ2v) is 3.74. The Bertz CT molecular complexity index is 320. The van der Waals surface area contributed by atoms with Crippen LogP contribution in [0.5, 0.6) is 5.75 Å². The fourth-order valence-electron chi connectivity index (χ4n) is 0.691. The first-order valence-corrected chi connectivity index (χ1v) is 4.65. The molecule has 0 aliphatic carbocycles. The second-order valence-electron chi connectivity index (χ2n) is 2.08. The summed E-state index contributed by atoms with van der Waals surface area (Å²) in [6, 6.07) is 2.61. The Balaban J connectivity index is 3.01. The lowest BCUT2D eigenvalue weighted by Crippen LogP contribution is -2.02. The predicted octanol–water partition coefficient (Wildman–Crippen LogP) is 4.36. The maximum absolute atomic E-state index is 11.8. The van der Waals surface area contributed by atoms with Crippen molar-refractivity contribution in [3.63, 3.8) is 0 Å². The summed E-state index contributed by atoms with van der Waals surface area (Å²) in [7, 11) is 0. The molecule has 0 atom stereocenters. The van der Waals surface area contributed by atoms with Gasteiger partial charge in [0.05, 0.1) is 10.0 Å². The number of hydrogen-bond acceptors (Lipinski definition) is 1. The van der Waals surface area contributed by atoms with E-state index < -0.39 is 6.61 Å². The molecule has 0 saturated carbocycles. The molecule has 6 heteroatoms. The minimum Gasteiger partial charge on any atom is -0.433 e. The summed E-state index contributed by atoms with van der Waals surface area (Å²) in [6.07, 6.45) is 0. The zero-order chi connectivity index (χ0) is 10.0. The van der Waals surface area contributed by atoms with E-state index in [9.17, 15) is 8.78 Å². The minimum absolute atomic E-state index is 0.0802. The molecule has 1 aromatic carbocycles. The standard InChI is InChI=1S/C7H3BrCl2F2O/c8-3-1-5(10)6(2-4(3)9)13-7(11)12/h1-2,7H. The van der Waals surface area contributed by atoms with Crippen LogP contribution in [-0.4, -0.2) is 6.61 Å². The zero-order valence-corrected chi connectivity index (χ0v) is 9.13. The highest BCUT2D eigenvalue weighted by molar-refractivity contribution is 9.10. The van der Waals surface area contributed by atoms with Crippen LogP contribution < -0.4 is 4.74 Å². The quantitative estimate of drug-likeness (QED) is 0.736. The van der Waals surface area contributed by atoms with Gasteiger partial charge >= 0.3 is 6.61 Å². The van der Waals surface area contributed by atoms with Gasteiger partial charge < -0.3 is 4.74 Å². The highest BCUT2D eigenvalue weighted by Crippen LogP contribution is 2.34.